The molecule has 3 nitrogen and oxygen atoms in total. The van der Waals surface area contributed by atoms with Crippen molar-refractivity contribution in [3.8, 4) is 0 Å². The number of piperidine rings is 1. The number of likely N-dealkylation sites (tertiary alicyclic amines) is 1. The van der Waals surface area contributed by atoms with Crippen LogP contribution >= 0.6 is 12.4 Å². The van der Waals surface area contributed by atoms with Gasteiger partial charge in [0.2, 0.25) is 0 Å². The van der Waals surface area contributed by atoms with Crippen LogP contribution in [0.2, 0.25) is 0 Å². The molecule has 2 atom stereocenters. The Morgan fingerprint density at radius 3 is 2.42 bits per heavy atom. The number of rotatable bonds is 5. The molecular formula is C19H28ClFN2O. The zero-order chi connectivity index (χ0) is 16.2. The summed E-state index contributed by atoms with van der Waals surface area (Å²) in [7, 11) is 0. The van der Waals surface area contributed by atoms with E-state index in [1.54, 1.807) is 12.1 Å². The number of benzene rings is 1. The highest BCUT2D eigenvalue weighted by Gasteiger charge is 2.27. The van der Waals surface area contributed by atoms with Crippen molar-refractivity contribution in [3.05, 3.63) is 35.6 Å². The summed E-state index contributed by atoms with van der Waals surface area (Å²) in [6, 6.07) is 7.30. The quantitative estimate of drug-likeness (QED) is 0.819. The van der Waals surface area contributed by atoms with Crippen LogP contribution in [0, 0.1) is 11.7 Å². The zero-order valence-electron chi connectivity index (χ0n) is 14.3. The average Bonchev–Trinajstić information content (AvgIpc) is 2.99. The lowest BCUT2D eigenvalue weighted by atomic mass is 9.89. The molecule has 1 N–H and O–H groups in total. The maximum absolute atomic E-state index is 13.0. The summed E-state index contributed by atoms with van der Waals surface area (Å²) in [4.78, 5) is 15.0. The lowest BCUT2D eigenvalue weighted by Crippen LogP contribution is -2.39. The van der Waals surface area contributed by atoms with Crippen LogP contribution in [0.1, 0.15) is 49.4 Å². The van der Waals surface area contributed by atoms with Gasteiger partial charge >= 0.3 is 0 Å². The molecule has 0 saturated carbocycles. The van der Waals surface area contributed by atoms with Crippen LogP contribution in [0.4, 0.5) is 4.39 Å². The molecule has 0 amide bonds. The van der Waals surface area contributed by atoms with Crippen LogP contribution in [0.25, 0.3) is 0 Å². The molecule has 2 aliphatic rings. The van der Waals surface area contributed by atoms with Crippen LogP contribution < -0.4 is 5.32 Å². The third-order valence-electron chi connectivity index (χ3n) is 5.35. The number of ketones is 1. The van der Waals surface area contributed by atoms with Crippen molar-refractivity contribution >= 4 is 18.2 Å². The molecule has 3 rings (SSSR count). The van der Waals surface area contributed by atoms with Crippen molar-refractivity contribution in [2.24, 2.45) is 5.92 Å². The van der Waals surface area contributed by atoms with Crippen molar-refractivity contribution in [1.82, 2.24) is 10.2 Å². The van der Waals surface area contributed by atoms with Gasteiger partial charge in [-0.25, -0.2) is 4.39 Å². The van der Waals surface area contributed by atoms with Gasteiger partial charge in [-0.1, -0.05) is 0 Å². The molecule has 0 unspecified atom stereocenters. The van der Waals surface area contributed by atoms with Crippen LogP contribution in [-0.2, 0) is 0 Å². The van der Waals surface area contributed by atoms with Crippen molar-refractivity contribution in [2.45, 2.75) is 51.1 Å². The van der Waals surface area contributed by atoms with E-state index in [9.17, 15) is 9.18 Å². The Morgan fingerprint density at radius 2 is 1.83 bits per heavy atom. The predicted molar refractivity (Wildman–Crippen MR) is 97.4 cm³/mol. The molecule has 1 aromatic rings. The molecule has 2 aliphatic heterocycles. The fraction of sp³-hybridized carbons (Fsp3) is 0.632. The highest BCUT2D eigenvalue weighted by atomic mass is 35.5. The second-order valence-electron chi connectivity index (χ2n) is 7.12. The van der Waals surface area contributed by atoms with E-state index in [1.807, 2.05) is 0 Å². The molecule has 2 fully saturated rings. The zero-order valence-corrected chi connectivity index (χ0v) is 15.2. The Balaban J connectivity index is 0.00000208. The molecule has 134 valence electrons. The van der Waals surface area contributed by atoms with Crippen LogP contribution in [0.3, 0.4) is 0 Å². The number of carbonyl (C=O) groups excluding carboxylic acids is 1. The summed E-state index contributed by atoms with van der Waals surface area (Å²) in [6.07, 6.45) is 5.63. The average molecular weight is 355 g/mol. The number of halogens is 2. The number of Topliss-reactive ketones (excluding diaryl/α,β-unsaturated/α-hetero) is 1. The Labute approximate surface area is 150 Å². The summed E-state index contributed by atoms with van der Waals surface area (Å²) >= 11 is 0. The molecular weight excluding hydrogens is 327 g/mol. The van der Waals surface area contributed by atoms with Gasteiger partial charge in [0, 0.05) is 23.6 Å². The van der Waals surface area contributed by atoms with E-state index < -0.39 is 0 Å². The van der Waals surface area contributed by atoms with Crippen molar-refractivity contribution < 1.29 is 9.18 Å². The minimum Gasteiger partial charge on any atom is -0.311 e. The molecule has 5 heteroatoms. The van der Waals surface area contributed by atoms with E-state index >= 15 is 0 Å². The minimum absolute atomic E-state index is 0. The summed E-state index contributed by atoms with van der Waals surface area (Å²) in [5.74, 6) is -0.0107. The molecule has 0 aromatic heterocycles. The van der Waals surface area contributed by atoms with Gasteiger partial charge in [0.05, 0.1) is 0 Å². The van der Waals surface area contributed by atoms with Gasteiger partial charge in [0.25, 0.3) is 0 Å². The summed E-state index contributed by atoms with van der Waals surface area (Å²) in [6.45, 7) is 5.38. The van der Waals surface area contributed by atoms with Gasteiger partial charge in [-0.05, 0) is 82.9 Å². The second kappa shape index (κ2) is 8.93. The van der Waals surface area contributed by atoms with Crippen molar-refractivity contribution in [2.75, 3.05) is 19.6 Å². The maximum Gasteiger partial charge on any atom is 0.166 e. The van der Waals surface area contributed by atoms with E-state index in [2.05, 4.69) is 17.1 Å². The van der Waals surface area contributed by atoms with Gasteiger partial charge in [-0.3, -0.25) is 4.79 Å². The van der Waals surface area contributed by atoms with Crippen molar-refractivity contribution in [1.29, 1.82) is 0 Å². The SMILES string of the molecule is C[C@H]1CC[C@@H](CCN2CCC(C(=O)c3ccc(F)cc3)CC2)N1.Cl. The van der Waals surface area contributed by atoms with E-state index in [1.165, 1.54) is 31.4 Å². The monoisotopic (exact) mass is 354 g/mol. The number of nitrogens with zero attached hydrogens (tertiary/aromatic N) is 1. The fourth-order valence-electron chi connectivity index (χ4n) is 3.85. The predicted octanol–water partition coefficient (Wildman–Crippen LogP) is 3.67. The van der Waals surface area contributed by atoms with E-state index in [0.29, 0.717) is 17.6 Å². The number of hydrogen-bond donors (Lipinski definition) is 1. The van der Waals surface area contributed by atoms with Crippen molar-refractivity contribution in [3.63, 3.8) is 0 Å². The van der Waals surface area contributed by atoms with E-state index in [0.717, 1.165) is 32.5 Å². The van der Waals surface area contributed by atoms with Crippen LogP contribution in [0.5, 0.6) is 0 Å². The van der Waals surface area contributed by atoms with Gasteiger partial charge < -0.3 is 10.2 Å². The standard InChI is InChI=1S/C19H27FN2O.ClH/c1-14-2-7-18(21-14)10-13-22-11-8-16(9-12-22)19(23)15-3-5-17(20)6-4-15;/h3-6,14,16,18,21H,2,7-13H2,1H3;1H/t14-,18-;/m0./s1. The third-order valence-corrected chi connectivity index (χ3v) is 5.35. The molecule has 0 spiro atoms. The molecule has 24 heavy (non-hydrogen) atoms. The van der Waals surface area contributed by atoms with Crippen LogP contribution in [0.15, 0.2) is 24.3 Å². The maximum atomic E-state index is 13.0. The van der Waals surface area contributed by atoms with Gasteiger partial charge in [-0.15, -0.1) is 12.4 Å². The summed E-state index contributed by atoms with van der Waals surface area (Å²) in [5, 5.41) is 3.64. The lowest BCUT2D eigenvalue weighted by molar-refractivity contribution is 0.0837. The topological polar surface area (TPSA) is 32.3 Å². The largest absolute Gasteiger partial charge is 0.311 e. The molecule has 1 aromatic carbocycles. The molecule has 2 heterocycles. The summed E-state index contributed by atoms with van der Waals surface area (Å²) in [5.41, 5.74) is 0.647. The van der Waals surface area contributed by atoms with Crippen LogP contribution in [-0.4, -0.2) is 42.4 Å². The van der Waals surface area contributed by atoms with E-state index in [4.69, 9.17) is 0 Å². The fourth-order valence-corrected chi connectivity index (χ4v) is 3.85. The van der Waals surface area contributed by atoms with Gasteiger partial charge in [-0.2, -0.15) is 0 Å². The Hall–Kier alpha value is -0.970. The highest BCUT2D eigenvalue weighted by molar-refractivity contribution is 5.97. The minimum atomic E-state index is -0.286. The number of nitrogens with one attached hydrogen (secondary N) is 1. The highest BCUT2D eigenvalue weighted by Crippen LogP contribution is 2.23. The van der Waals surface area contributed by atoms with E-state index in [-0.39, 0.29) is 29.9 Å². The van der Waals surface area contributed by atoms with Gasteiger partial charge in [0.1, 0.15) is 5.82 Å². The Bertz CT molecular complexity index is 529. The Morgan fingerprint density at radius 1 is 1.17 bits per heavy atom. The number of carbonyl (C=O) groups is 1. The second-order valence-corrected chi connectivity index (χ2v) is 7.12. The smallest absolute Gasteiger partial charge is 0.166 e. The third kappa shape index (κ3) is 5.01. The molecule has 0 aliphatic carbocycles. The molecule has 0 radical (unpaired) electrons. The lowest BCUT2D eigenvalue weighted by Gasteiger charge is -2.32. The van der Waals surface area contributed by atoms with Gasteiger partial charge in [0.15, 0.2) is 5.78 Å². The first-order chi connectivity index (χ1) is 11.1. The first kappa shape index (κ1) is 19.4. The molecule has 2 saturated heterocycles. The first-order valence-corrected chi connectivity index (χ1v) is 8.90. The summed E-state index contributed by atoms with van der Waals surface area (Å²) < 4.78 is 13.0. The number of hydrogen-bond acceptors (Lipinski definition) is 3. The normalized spacial score (nSPS) is 25.4. The first-order valence-electron chi connectivity index (χ1n) is 8.90. The Kier molecular flexibility index (Phi) is 7.20. The molecule has 0 bridgehead atoms.